The van der Waals surface area contributed by atoms with Crippen molar-refractivity contribution in [2.75, 3.05) is 5.32 Å². The lowest BCUT2D eigenvalue weighted by Crippen LogP contribution is -2.25. The van der Waals surface area contributed by atoms with Crippen LogP contribution < -0.4 is 10.0 Å². The molecule has 1 aliphatic carbocycles. The molecule has 1 fully saturated rings. The summed E-state index contributed by atoms with van der Waals surface area (Å²) in [6.07, 6.45) is 2.47. The number of amides is 1. The fourth-order valence-corrected chi connectivity index (χ4v) is 3.83. The molecule has 0 aliphatic heterocycles. The molecule has 1 amide bonds. The topological polar surface area (TPSA) is 75.3 Å². The second kappa shape index (κ2) is 7.55. The molecule has 26 heavy (non-hydrogen) atoms. The van der Waals surface area contributed by atoms with Crippen molar-refractivity contribution in [3.63, 3.8) is 0 Å². The van der Waals surface area contributed by atoms with Crippen molar-refractivity contribution < 1.29 is 17.6 Å². The molecule has 138 valence electrons. The second-order valence-electron chi connectivity index (χ2n) is 6.55. The molecule has 0 saturated heterocycles. The van der Waals surface area contributed by atoms with E-state index in [1.807, 2.05) is 0 Å². The highest BCUT2D eigenvalue weighted by molar-refractivity contribution is 7.89. The fraction of sp³-hybridized carbons (Fsp3) is 0.316. The van der Waals surface area contributed by atoms with Crippen molar-refractivity contribution in [2.45, 2.75) is 43.5 Å². The third-order valence-electron chi connectivity index (χ3n) is 4.25. The molecule has 0 radical (unpaired) electrons. The van der Waals surface area contributed by atoms with E-state index in [2.05, 4.69) is 10.0 Å². The predicted octanol–water partition coefficient (Wildman–Crippen LogP) is 3.15. The van der Waals surface area contributed by atoms with Crippen LogP contribution >= 0.6 is 0 Å². The van der Waals surface area contributed by atoms with Crippen molar-refractivity contribution >= 4 is 21.6 Å². The molecule has 2 aromatic carbocycles. The van der Waals surface area contributed by atoms with Crippen LogP contribution in [0.1, 0.15) is 30.4 Å². The summed E-state index contributed by atoms with van der Waals surface area (Å²) in [5.74, 6) is -0.617. The average Bonchev–Trinajstić information content (AvgIpc) is 3.40. The van der Waals surface area contributed by atoms with E-state index in [0.29, 0.717) is 12.1 Å². The summed E-state index contributed by atoms with van der Waals surface area (Å²) in [5, 5.41) is 2.70. The fourth-order valence-electron chi connectivity index (χ4n) is 2.52. The number of benzene rings is 2. The van der Waals surface area contributed by atoms with Gasteiger partial charge in [-0.1, -0.05) is 18.2 Å². The number of carbonyl (C=O) groups excluding carboxylic acids is 1. The minimum atomic E-state index is -3.46. The molecule has 0 heterocycles. The number of anilines is 1. The third kappa shape index (κ3) is 4.89. The van der Waals surface area contributed by atoms with E-state index in [1.165, 1.54) is 12.1 Å². The predicted molar refractivity (Wildman–Crippen MR) is 97.9 cm³/mol. The van der Waals surface area contributed by atoms with Gasteiger partial charge in [0.05, 0.1) is 4.90 Å². The summed E-state index contributed by atoms with van der Waals surface area (Å²) in [6, 6.07) is 10.8. The Balaban J connectivity index is 1.56. The molecule has 7 heteroatoms. The van der Waals surface area contributed by atoms with Gasteiger partial charge in [0, 0.05) is 18.2 Å². The molecule has 2 aromatic rings. The summed E-state index contributed by atoms with van der Waals surface area (Å²) in [5.41, 5.74) is 2.11. The largest absolute Gasteiger partial charge is 0.326 e. The Labute approximate surface area is 152 Å². The minimum absolute atomic E-state index is 0.0645. The maximum Gasteiger partial charge on any atom is 0.240 e. The normalized spacial score (nSPS) is 14.2. The Hall–Kier alpha value is -2.25. The molecular formula is C19H21FN2O3S. The highest BCUT2D eigenvalue weighted by Crippen LogP contribution is 2.22. The van der Waals surface area contributed by atoms with Crippen LogP contribution in [-0.2, 0) is 21.2 Å². The van der Waals surface area contributed by atoms with Crippen LogP contribution in [0.15, 0.2) is 47.4 Å². The van der Waals surface area contributed by atoms with Gasteiger partial charge in [-0.2, -0.15) is 0 Å². The van der Waals surface area contributed by atoms with Gasteiger partial charge in [0.1, 0.15) is 5.82 Å². The van der Waals surface area contributed by atoms with Gasteiger partial charge in [-0.25, -0.2) is 17.5 Å². The first-order chi connectivity index (χ1) is 12.3. The van der Waals surface area contributed by atoms with E-state index in [-0.39, 0.29) is 23.3 Å². The molecule has 1 aliphatic rings. The number of carbonyl (C=O) groups is 1. The van der Waals surface area contributed by atoms with Gasteiger partial charge in [0.25, 0.3) is 0 Å². The molecular weight excluding hydrogens is 355 g/mol. The van der Waals surface area contributed by atoms with Gasteiger partial charge < -0.3 is 5.32 Å². The Morgan fingerprint density at radius 3 is 2.50 bits per heavy atom. The second-order valence-corrected chi connectivity index (χ2v) is 8.26. The zero-order valence-electron chi connectivity index (χ0n) is 14.5. The Morgan fingerprint density at radius 1 is 1.15 bits per heavy atom. The van der Waals surface area contributed by atoms with Crippen LogP contribution in [0.2, 0.25) is 0 Å². The minimum Gasteiger partial charge on any atom is -0.326 e. The van der Waals surface area contributed by atoms with Crippen LogP contribution in [0.4, 0.5) is 10.1 Å². The smallest absolute Gasteiger partial charge is 0.240 e. The molecule has 0 atom stereocenters. The SMILES string of the molecule is Cc1ccc(F)cc1NC(=O)CCc1ccc(S(=O)(=O)NC2CC2)cc1. The van der Waals surface area contributed by atoms with Crippen LogP contribution in [0.3, 0.4) is 0 Å². The van der Waals surface area contributed by atoms with Gasteiger partial charge in [-0.3, -0.25) is 4.79 Å². The number of halogens is 1. The number of sulfonamides is 1. The number of nitrogens with one attached hydrogen (secondary N) is 2. The van der Waals surface area contributed by atoms with E-state index >= 15 is 0 Å². The zero-order chi connectivity index (χ0) is 18.7. The molecule has 1 saturated carbocycles. The van der Waals surface area contributed by atoms with Crippen LogP contribution in [0, 0.1) is 12.7 Å². The molecule has 0 bridgehead atoms. The van der Waals surface area contributed by atoms with Crippen molar-refractivity contribution in [3.05, 3.63) is 59.4 Å². The lowest BCUT2D eigenvalue weighted by Gasteiger charge is -2.09. The zero-order valence-corrected chi connectivity index (χ0v) is 15.3. The molecule has 0 unspecified atom stereocenters. The van der Waals surface area contributed by atoms with E-state index in [0.717, 1.165) is 24.0 Å². The first-order valence-corrected chi connectivity index (χ1v) is 9.99. The van der Waals surface area contributed by atoms with Crippen LogP contribution in [-0.4, -0.2) is 20.4 Å². The summed E-state index contributed by atoms with van der Waals surface area (Å²) in [6.45, 7) is 1.80. The third-order valence-corrected chi connectivity index (χ3v) is 5.78. The van der Waals surface area contributed by atoms with Crippen molar-refractivity contribution in [1.82, 2.24) is 4.72 Å². The number of hydrogen-bond donors (Lipinski definition) is 2. The summed E-state index contributed by atoms with van der Waals surface area (Å²) >= 11 is 0. The van der Waals surface area contributed by atoms with Gasteiger partial charge in [0.2, 0.25) is 15.9 Å². The van der Waals surface area contributed by atoms with E-state index in [4.69, 9.17) is 0 Å². The first kappa shape index (κ1) is 18.5. The van der Waals surface area contributed by atoms with Crippen molar-refractivity contribution in [3.8, 4) is 0 Å². The monoisotopic (exact) mass is 376 g/mol. The molecule has 3 rings (SSSR count). The maximum absolute atomic E-state index is 13.3. The maximum atomic E-state index is 13.3. The standard InChI is InChI=1S/C19H21FN2O3S/c1-13-2-6-15(20)12-18(13)21-19(23)11-5-14-3-9-17(10-4-14)26(24,25)22-16-7-8-16/h2-4,6,9-10,12,16,22H,5,7-8,11H2,1H3,(H,21,23). The first-order valence-electron chi connectivity index (χ1n) is 8.51. The Kier molecular flexibility index (Phi) is 5.38. The Bertz CT molecular complexity index is 907. The Morgan fingerprint density at radius 2 is 1.85 bits per heavy atom. The summed E-state index contributed by atoms with van der Waals surface area (Å²) in [7, 11) is -3.46. The van der Waals surface area contributed by atoms with E-state index in [9.17, 15) is 17.6 Å². The quantitative estimate of drug-likeness (QED) is 0.779. The van der Waals surface area contributed by atoms with Gasteiger partial charge in [-0.15, -0.1) is 0 Å². The molecule has 0 aromatic heterocycles. The van der Waals surface area contributed by atoms with E-state index < -0.39 is 15.8 Å². The van der Waals surface area contributed by atoms with Gasteiger partial charge in [0.15, 0.2) is 0 Å². The summed E-state index contributed by atoms with van der Waals surface area (Å²) < 4.78 is 40.1. The highest BCUT2D eigenvalue weighted by atomic mass is 32.2. The highest BCUT2D eigenvalue weighted by Gasteiger charge is 2.27. The van der Waals surface area contributed by atoms with Crippen molar-refractivity contribution in [1.29, 1.82) is 0 Å². The van der Waals surface area contributed by atoms with Crippen LogP contribution in [0.5, 0.6) is 0 Å². The molecule has 2 N–H and O–H groups in total. The molecule has 5 nitrogen and oxygen atoms in total. The van der Waals surface area contributed by atoms with E-state index in [1.54, 1.807) is 37.3 Å². The molecule has 0 spiro atoms. The van der Waals surface area contributed by atoms with Gasteiger partial charge >= 0.3 is 0 Å². The summed E-state index contributed by atoms with van der Waals surface area (Å²) in [4.78, 5) is 12.3. The number of rotatable bonds is 7. The van der Waals surface area contributed by atoms with Crippen molar-refractivity contribution in [2.24, 2.45) is 0 Å². The lowest BCUT2D eigenvalue weighted by atomic mass is 10.1. The number of aryl methyl sites for hydroxylation is 2. The average molecular weight is 376 g/mol. The van der Waals surface area contributed by atoms with Gasteiger partial charge in [-0.05, 0) is 61.6 Å². The lowest BCUT2D eigenvalue weighted by molar-refractivity contribution is -0.116. The number of hydrogen-bond acceptors (Lipinski definition) is 3. The van der Waals surface area contributed by atoms with Crippen LogP contribution in [0.25, 0.3) is 0 Å².